The lowest BCUT2D eigenvalue weighted by Crippen LogP contribution is -1.91. The maximum Gasteiger partial charge on any atom is 0.274 e. The maximum absolute atomic E-state index is 9.36. The Morgan fingerprint density at radius 3 is 2.85 bits per heavy atom. The minimum absolute atomic E-state index is 0.139. The first-order valence-electron chi connectivity index (χ1n) is 6.00. The van der Waals surface area contributed by atoms with Gasteiger partial charge in [0.25, 0.3) is 5.89 Å². The molecule has 0 radical (unpaired) electrons. The molecule has 0 saturated heterocycles. The van der Waals surface area contributed by atoms with E-state index < -0.39 is 0 Å². The number of phenols is 1. The van der Waals surface area contributed by atoms with E-state index in [0.29, 0.717) is 17.0 Å². The van der Waals surface area contributed by atoms with Crippen molar-refractivity contribution in [3.05, 3.63) is 48.0 Å². The van der Waals surface area contributed by atoms with Crippen molar-refractivity contribution in [2.24, 2.45) is 0 Å². The Bertz CT molecular complexity index is 810. The smallest absolute Gasteiger partial charge is 0.274 e. The molecular formula is C15H11N3O2. The van der Waals surface area contributed by atoms with E-state index in [9.17, 15) is 5.11 Å². The van der Waals surface area contributed by atoms with Crippen LogP contribution >= 0.6 is 0 Å². The highest BCUT2D eigenvalue weighted by molar-refractivity contribution is 5.74. The summed E-state index contributed by atoms with van der Waals surface area (Å²) >= 11 is 0. The Morgan fingerprint density at radius 1 is 1.20 bits per heavy atom. The zero-order valence-corrected chi connectivity index (χ0v) is 10.7. The summed E-state index contributed by atoms with van der Waals surface area (Å²) < 4.78 is 5.44. The molecule has 3 aromatic rings. The number of rotatable bonds is 1. The molecule has 5 heteroatoms. The van der Waals surface area contributed by atoms with E-state index >= 15 is 0 Å². The Hall–Kier alpha value is -3.00. The predicted molar refractivity (Wildman–Crippen MR) is 75.4 cm³/mol. The van der Waals surface area contributed by atoms with E-state index in [0.717, 1.165) is 11.4 Å². The van der Waals surface area contributed by atoms with E-state index in [4.69, 9.17) is 4.42 Å². The molecule has 0 aliphatic heterocycles. The fourth-order valence-corrected chi connectivity index (χ4v) is 1.71. The lowest BCUT2D eigenvalue weighted by Gasteiger charge is -1.96. The number of hydrogen-bond acceptors (Lipinski definition) is 5. The van der Waals surface area contributed by atoms with Crippen LogP contribution in [0.15, 0.2) is 40.9 Å². The molecule has 20 heavy (non-hydrogen) atoms. The first-order chi connectivity index (χ1) is 9.74. The van der Waals surface area contributed by atoms with Crippen molar-refractivity contribution in [2.45, 2.75) is 0 Å². The van der Waals surface area contributed by atoms with Gasteiger partial charge in [-0.15, -0.1) is 0 Å². The average Bonchev–Trinajstić information content (AvgIpc) is 2.87. The molecule has 0 unspecified atom stereocenters. The number of hydrogen-bond donors (Lipinski definition) is 2. The zero-order chi connectivity index (χ0) is 13.9. The number of anilines is 1. The largest absolute Gasteiger partial charge is 0.508 e. The zero-order valence-electron chi connectivity index (χ0n) is 10.7. The van der Waals surface area contributed by atoms with Crippen LogP contribution in [-0.4, -0.2) is 22.1 Å². The maximum atomic E-state index is 9.36. The van der Waals surface area contributed by atoms with Crippen LogP contribution in [-0.2, 0) is 0 Å². The van der Waals surface area contributed by atoms with Gasteiger partial charge in [-0.1, -0.05) is 5.92 Å². The van der Waals surface area contributed by atoms with E-state index in [1.807, 2.05) is 12.1 Å². The molecule has 0 fully saturated rings. The number of nitrogens with one attached hydrogen (secondary N) is 1. The number of fused-ring (bicyclic) bond motifs is 1. The molecule has 2 N–H and O–H groups in total. The monoisotopic (exact) mass is 265 g/mol. The van der Waals surface area contributed by atoms with Gasteiger partial charge >= 0.3 is 0 Å². The quantitative estimate of drug-likeness (QED) is 0.661. The third kappa shape index (κ3) is 2.40. The molecule has 5 nitrogen and oxygen atoms in total. The van der Waals surface area contributed by atoms with Crippen molar-refractivity contribution in [3.8, 4) is 17.6 Å². The van der Waals surface area contributed by atoms with Gasteiger partial charge in [0.05, 0.1) is 0 Å². The summed E-state index contributed by atoms with van der Waals surface area (Å²) in [6.45, 7) is 0. The lowest BCUT2D eigenvalue weighted by atomic mass is 10.3. The van der Waals surface area contributed by atoms with Crippen LogP contribution in [0, 0.1) is 11.8 Å². The summed E-state index contributed by atoms with van der Waals surface area (Å²) in [7, 11) is 1.81. The standard InChI is InChI=1S/C15H11N3O2/c1-16-14-6-2-10(9-17-14)3-7-15-18-12-5-4-11(19)8-13(12)20-15/h2,4-6,8-9,19H,1H3,(H,16,17). The van der Waals surface area contributed by atoms with Crippen molar-refractivity contribution in [1.29, 1.82) is 0 Å². The van der Waals surface area contributed by atoms with Gasteiger partial charge in [-0.25, -0.2) is 9.97 Å². The summed E-state index contributed by atoms with van der Waals surface area (Å²) in [4.78, 5) is 8.38. The topological polar surface area (TPSA) is 71.2 Å². The number of phenolic OH excluding ortho intramolecular Hbond substituents is 1. The van der Waals surface area contributed by atoms with E-state index in [2.05, 4.69) is 27.1 Å². The first-order valence-corrected chi connectivity index (χ1v) is 6.00. The third-order valence-electron chi connectivity index (χ3n) is 2.71. The highest BCUT2D eigenvalue weighted by Gasteiger charge is 2.03. The van der Waals surface area contributed by atoms with Crippen molar-refractivity contribution < 1.29 is 9.52 Å². The van der Waals surface area contributed by atoms with Gasteiger partial charge in [0.15, 0.2) is 5.58 Å². The minimum atomic E-state index is 0.139. The highest BCUT2D eigenvalue weighted by atomic mass is 16.3. The molecule has 2 aromatic heterocycles. The van der Waals surface area contributed by atoms with E-state index in [1.165, 1.54) is 6.07 Å². The van der Waals surface area contributed by atoms with Gasteiger partial charge in [0.1, 0.15) is 17.1 Å². The average molecular weight is 265 g/mol. The summed E-state index contributed by atoms with van der Waals surface area (Å²) in [6, 6.07) is 8.45. The number of oxazole rings is 1. The molecule has 0 aliphatic rings. The second-order valence-electron chi connectivity index (χ2n) is 4.10. The Kier molecular flexibility index (Phi) is 2.98. The van der Waals surface area contributed by atoms with Crippen molar-refractivity contribution >= 4 is 16.9 Å². The van der Waals surface area contributed by atoms with E-state index in [-0.39, 0.29) is 5.75 Å². The van der Waals surface area contributed by atoms with Crippen LogP contribution < -0.4 is 5.32 Å². The van der Waals surface area contributed by atoms with Crippen LogP contribution in [0.25, 0.3) is 11.1 Å². The molecule has 0 saturated carbocycles. The SMILES string of the molecule is CNc1ccc(C#Cc2nc3ccc(O)cc3o2)cn1. The van der Waals surface area contributed by atoms with Crippen LogP contribution in [0.2, 0.25) is 0 Å². The molecule has 0 spiro atoms. The highest BCUT2D eigenvalue weighted by Crippen LogP contribution is 2.20. The number of nitrogens with zero attached hydrogens (tertiary/aromatic N) is 2. The lowest BCUT2D eigenvalue weighted by molar-refractivity contribution is 0.474. The van der Waals surface area contributed by atoms with Gasteiger partial charge in [-0.2, -0.15) is 0 Å². The van der Waals surface area contributed by atoms with E-state index in [1.54, 1.807) is 25.4 Å². The van der Waals surface area contributed by atoms with Crippen LogP contribution in [0.4, 0.5) is 5.82 Å². The number of pyridine rings is 1. The van der Waals surface area contributed by atoms with Gasteiger partial charge < -0.3 is 14.8 Å². The molecule has 98 valence electrons. The van der Waals surface area contributed by atoms with Gasteiger partial charge in [-0.3, -0.25) is 0 Å². The van der Waals surface area contributed by atoms with Crippen LogP contribution in [0.5, 0.6) is 5.75 Å². The second-order valence-corrected chi connectivity index (χ2v) is 4.10. The molecule has 0 bridgehead atoms. The van der Waals surface area contributed by atoms with Gasteiger partial charge in [-0.05, 0) is 30.2 Å². The summed E-state index contributed by atoms with van der Waals surface area (Å²) in [6.07, 6.45) is 1.67. The summed E-state index contributed by atoms with van der Waals surface area (Å²) in [5, 5.41) is 12.3. The number of aromatic hydroxyl groups is 1. The van der Waals surface area contributed by atoms with Gasteiger partial charge in [0.2, 0.25) is 0 Å². The molecule has 0 aliphatic carbocycles. The molecule has 3 rings (SSSR count). The van der Waals surface area contributed by atoms with Crippen molar-refractivity contribution in [3.63, 3.8) is 0 Å². The Morgan fingerprint density at radius 2 is 2.10 bits per heavy atom. The molecular weight excluding hydrogens is 254 g/mol. The summed E-state index contributed by atoms with van der Waals surface area (Å²) in [5.74, 6) is 7.00. The Labute approximate surface area is 115 Å². The fourth-order valence-electron chi connectivity index (χ4n) is 1.71. The molecule has 1 aromatic carbocycles. The number of benzene rings is 1. The van der Waals surface area contributed by atoms with Gasteiger partial charge in [0, 0.05) is 24.9 Å². The van der Waals surface area contributed by atoms with Crippen LogP contribution in [0.1, 0.15) is 11.5 Å². The molecule has 2 heterocycles. The first kappa shape index (κ1) is 12.1. The third-order valence-corrected chi connectivity index (χ3v) is 2.71. The fraction of sp³-hybridized carbons (Fsp3) is 0.0667. The molecule has 0 amide bonds. The van der Waals surface area contributed by atoms with Crippen LogP contribution in [0.3, 0.4) is 0 Å². The van der Waals surface area contributed by atoms with Crippen molar-refractivity contribution in [1.82, 2.24) is 9.97 Å². The van der Waals surface area contributed by atoms with Crippen molar-refractivity contribution in [2.75, 3.05) is 12.4 Å². The second kappa shape index (κ2) is 4.94. The summed E-state index contributed by atoms with van der Waals surface area (Å²) in [5.41, 5.74) is 1.95. The minimum Gasteiger partial charge on any atom is -0.508 e. The normalized spacial score (nSPS) is 10.1. The number of aromatic nitrogens is 2. The molecule has 0 atom stereocenters. The predicted octanol–water partition coefficient (Wildman–Crippen LogP) is 2.37. The Balaban J connectivity index is 1.90.